The molecule has 0 N–H and O–H groups in total. The number of para-hydroxylation sites is 4. The van der Waals surface area contributed by atoms with Crippen molar-refractivity contribution >= 4 is 71.2 Å². The maximum absolute atomic E-state index is 2.48. The molecule has 12 aromatic rings. The molecular weight excluding hydrogens is 749 g/mol. The van der Waals surface area contributed by atoms with Gasteiger partial charge < -0.3 is 9.47 Å². The zero-order valence-corrected chi connectivity index (χ0v) is 34.0. The summed E-state index contributed by atoms with van der Waals surface area (Å²) in [7, 11) is 0. The van der Waals surface area contributed by atoms with Gasteiger partial charge in [-0.15, -0.1) is 0 Å². The van der Waals surface area contributed by atoms with E-state index in [2.05, 4.69) is 252 Å². The summed E-state index contributed by atoms with van der Waals surface area (Å²) in [5.74, 6) is 0. The molecule has 0 amide bonds. The van der Waals surface area contributed by atoms with Gasteiger partial charge in [-0.05, 0) is 109 Å². The van der Waals surface area contributed by atoms with Crippen molar-refractivity contribution in [2.24, 2.45) is 0 Å². The van der Waals surface area contributed by atoms with Gasteiger partial charge in [-0.2, -0.15) is 0 Å². The van der Waals surface area contributed by atoms with Crippen LogP contribution in [0.15, 0.2) is 243 Å². The van der Waals surface area contributed by atoms with Crippen molar-refractivity contribution in [3.63, 3.8) is 0 Å². The third-order valence-electron chi connectivity index (χ3n) is 12.6. The number of hydrogen-bond acceptors (Lipinski definition) is 1. The van der Waals surface area contributed by atoms with Crippen molar-refractivity contribution in [2.45, 2.75) is 0 Å². The van der Waals surface area contributed by atoms with Crippen LogP contribution in [0.5, 0.6) is 0 Å². The smallest absolute Gasteiger partial charge is 0.0702 e. The number of fused-ring (bicyclic) bond motifs is 7. The Hall–Kier alpha value is -8.20. The van der Waals surface area contributed by atoms with Crippen LogP contribution in [0.25, 0.3) is 93.2 Å². The minimum atomic E-state index is 1.07. The molecule has 0 bridgehead atoms. The van der Waals surface area contributed by atoms with Gasteiger partial charge in [-0.1, -0.05) is 194 Å². The molecule has 2 nitrogen and oxygen atoms in total. The molecule has 0 aliphatic rings. The fourth-order valence-corrected chi connectivity index (χ4v) is 9.65. The van der Waals surface area contributed by atoms with Crippen LogP contribution in [0.2, 0.25) is 0 Å². The van der Waals surface area contributed by atoms with Gasteiger partial charge in [-0.25, -0.2) is 0 Å². The second-order valence-corrected chi connectivity index (χ2v) is 16.1. The summed E-state index contributed by atoms with van der Waals surface area (Å²) >= 11 is 0. The third kappa shape index (κ3) is 5.96. The van der Waals surface area contributed by atoms with Crippen LogP contribution in [0.1, 0.15) is 0 Å². The minimum absolute atomic E-state index is 1.07. The molecule has 0 aliphatic heterocycles. The van der Waals surface area contributed by atoms with E-state index in [0.717, 1.165) is 39.4 Å². The normalized spacial score (nSPS) is 11.5. The second kappa shape index (κ2) is 14.8. The first-order valence-electron chi connectivity index (χ1n) is 21.3. The van der Waals surface area contributed by atoms with E-state index in [4.69, 9.17) is 0 Å². The Labute approximate surface area is 360 Å². The zero-order chi connectivity index (χ0) is 41.0. The molecule has 1 heterocycles. The second-order valence-electron chi connectivity index (χ2n) is 16.1. The lowest BCUT2D eigenvalue weighted by Gasteiger charge is -2.31. The van der Waals surface area contributed by atoms with Crippen LogP contribution in [-0.2, 0) is 0 Å². The van der Waals surface area contributed by atoms with E-state index in [9.17, 15) is 0 Å². The number of rotatable bonds is 7. The van der Waals surface area contributed by atoms with E-state index in [1.807, 2.05) is 0 Å². The van der Waals surface area contributed by atoms with E-state index < -0.39 is 0 Å². The predicted molar refractivity (Wildman–Crippen MR) is 264 cm³/mol. The molecule has 0 unspecified atom stereocenters. The Morgan fingerprint density at radius 1 is 0.274 bits per heavy atom. The average molecular weight is 789 g/mol. The first-order valence-corrected chi connectivity index (χ1v) is 21.3. The molecule has 2 heteroatoms. The maximum atomic E-state index is 2.48. The third-order valence-corrected chi connectivity index (χ3v) is 12.6. The molecule has 0 fully saturated rings. The fraction of sp³-hybridized carbons (Fsp3) is 0. The van der Waals surface area contributed by atoms with Crippen molar-refractivity contribution in [3.05, 3.63) is 243 Å². The number of anilines is 3. The summed E-state index contributed by atoms with van der Waals surface area (Å²) in [4.78, 5) is 2.48. The summed E-state index contributed by atoms with van der Waals surface area (Å²) in [6, 6.07) is 88.7. The summed E-state index contributed by atoms with van der Waals surface area (Å²) in [6.07, 6.45) is 0. The monoisotopic (exact) mass is 788 g/mol. The Bertz CT molecular complexity index is 3580. The van der Waals surface area contributed by atoms with Crippen LogP contribution in [-0.4, -0.2) is 4.57 Å². The molecule has 0 atom stereocenters. The van der Waals surface area contributed by atoms with Crippen molar-refractivity contribution in [2.75, 3.05) is 4.90 Å². The van der Waals surface area contributed by atoms with Crippen molar-refractivity contribution in [1.29, 1.82) is 0 Å². The zero-order valence-electron chi connectivity index (χ0n) is 34.0. The Balaban J connectivity index is 1.10. The van der Waals surface area contributed by atoms with E-state index >= 15 is 0 Å². The molecule has 0 spiro atoms. The van der Waals surface area contributed by atoms with E-state index in [0.29, 0.717) is 0 Å². The highest BCUT2D eigenvalue weighted by Gasteiger charge is 2.24. The lowest BCUT2D eigenvalue weighted by atomic mass is 9.94. The highest BCUT2D eigenvalue weighted by atomic mass is 15.2. The summed E-state index contributed by atoms with van der Waals surface area (Å²) in [5.41, 5.74) is 13.7. The molecule has 1 aromatic heterocycles. The number of hydrogen-bond donors (Lipinski definition) is 0. The molecule has 12 rings (SSSR count). The van der Waals surface area contributed by atoms with Crippen molar-refractivity contribution in [1.82, 2.24) is 4.57 Å². The molecular formula is C60H40N2. The molecule has 62 heavy (non-hydrogen) atoms. The molecule has 0 saturated carbocycles. The Kier molecular flexibility index (Phi) is 8.53. The van der Waals surface area contributed by atoms with Crippen LogP contribution in [0.3, 0.4) is 0 Å². The average Bonchev–Trinajstić information content (AvgIpc) is 3.68. The maximum Gasteiger partial charge on any atom is 0.0702 e. The van der Waals surface area contributed by atoms with Gasteiger partial charge in [0, 0.05) is 22.0 Å². The molecule has 0 radical (unpaired) electrons. The SMILES string of the molecule is c1ccc(-c2ccc(-c3cccc4ccccc34)cc2N(c2ccc(-c3ccc4c(ccc5ccccc54)c3)cc2)c2ccccc2-n2c3ccccc3c3ccccc32)cc1. The first kappa shape index (κ1) is 35.7. The van der Waals surface area contributed by atoms with Crippen LogP contribution >= 0.6 is 0 Å². The highest BCUT2D eigenvalue weighted by Crippen LogP contribution is 2.47. The van der Waals surface area contributed by atoms with Crippen LogP contribution in [0.4, 0.5) is 17.1 Å². The van der Waals surface area contributed by atoms with E-state index in [1.165, 1.54) is 70.8 Å². The lowest BCUT2D eigenvalue weighted by Crippen LogP contribution is -2.14. The molecule has 0 saturated heterocycles. The van der Waals surface area contributed by atoms with Gasteiger partial charge in [-0.3, -0.25) is 0 Å². The fourth-order valence-electron chi connectivity index (χ4n) is 9.65. The van der Waals surface area contributed by atoms with Crippen LogP contribution in [0, 0.1) is 0 Å². The predicted octanol–water partition coefficient (Wildman–Crippen LogP) is 16.7. The van der Waals surface area contributed by atoms with Gasteiger partial charge in [0.15, 0.2) is 0 Å². The van der Waals surface area contributed by atoms with E-state index in [1.54, 1.807) is 0 Å². The first-order chi connectivity index (χ1) is 30.8. The largest absolute Gasteiger partial charge is 0.308 e. The number of benzene rings is 11. The van der Waals surface area contributed by atoms with Crippen molar-refractivity contribution in [3.8, 4) is 39.1 Å². The van der Waals surface area contributed by atoms with Gasteiger partial charge in [0.05, 0.1) is 28.1 Å². The molecule has 11 aromatic carbocycles. The number of aromatic nitrogens is 1. The van der Waals surface area contributed by atoms with E-state index in [-0.39, 0.29) is 0 Å². The lowest BCUT2D eigenvalue weighted by molar-refractivity contribution is 1.15. The Morgan fingerprint density at radius 3 is 1.61 bits per heavy atom. The topological polar surface area (TPSA) is 8.17 Å². The van der Waals surface area contributed by atoms with Crippen LogP contribution < -0.4 is 4.90 Å². The van der Waals surface area contributed by atoms with Gasteiger partial charge in [0.25, 0.3) is 0 Å². The van der Waals surface area contributed by atoms with Gasteiger partial charge in [0.2, 0.25) is 0 Å². The van der Waals surface area contributed by atoms with Gasteiger partial charge >= 0.3 is 0 Å². The Morgan fingerprint density at radius 2 is 0.839 bits per heavy atom. The highest BCUT2D eigenvalue weighted by molar-refractivity contribution is 6.11. The summed E-state index contributed by atoms with van der Waals surface area (Å²) < 4.78 is 2.44. The standard InChI is InChI=1S/C60H40N2/c1-2-15-43(16-3-1)53-38-34-47(51-24-14-19-42-17-4-6-20-49(42)51)40-60(53)61(58-27-12-13-28-59(58)62-56-25-10-8-22-54(56)55-23-9-11-26-57(55)62)48-35-31-41(32-36-48)45-33-37-52-46(39-45)30-29-44-18-5-7-21-50(44)52/h1-40H. The quantitative estimate of drug-likeness (QED) is 0.146. The molecule has 290 valence electrons. The van der Waals surface area contributed by atoms with Crippen molar-refractivity contribution < 1.29 is 0 Å². The van der Waals surface area contributed by atoms with Gasteiger partial charge in [0.1, 0.15) is 0 Å². The molecule has 0 aliphatic carbocycles. The number of nitrogens with zero attached hydrogens (tertiary/aromatic N) is 2. The summed E-state index contributed by atoms with van der Waals surface area (Å²) in [6.45, 7) is 0. The minimum Gasteiger partial charge on any atom is -0.308 e. The summed E-state index contributed by atoms with van der Waals surface area (Å²) in [5, 5.41) is 9.99.